The van der Waals surface area contributed by atoms with Gasteiger partial charge in [0.25, 0.3) is 5.91 Å². The van der Waals surface area contributed by atoms with E-state index in [9.17, 15) is 13.6 Å². The van der Waals surface area contributed by atoms with Crippen LogP contribution in [0.2, 0.25) is 0 Å². The van der Waals surface area contributed by atoms with E-state index in [-0.39, 0.29) is 12.2 Å². The monoisotopic (exact) mass is 304 g/mol. The molecule has 0 fully saturated rings. The molecule has 0 atom stereocenters. The number of ether oxygens (including phenoxy) is 1. The van der Waals surface area contributed by atoms with Gasteiger partial charge in [-0.1, -0.05) is 29.8 Å². The third-order valence-electron chi connectivity index (χ3n) is 2.77. The van der Waals surface area contributed by atoms with Gasteiger partial charge < -0.3 is 4.74 Å². The molecule has 1 amide bonds. The van der Waals surface area contributed by atoms with Crippen LogP contribution in [-0.4, -0.2) is 18.7 Å². The first-order valence-electron chi connectivity index (χ1n) is 6.51. The van der Waals surface area contributed by atoms with Gasteiger partial charge in [0.1, 0.15) is 5.75 Å². The molecule has 0 aliphatic heterocycles. The summed E-state index contributed by atoms with van der Waals surface area (Å²) in [7, 11) is 0. The third-order valence-corrected chi connectivity index (χ3v) is 2.77. The highest BCUT2D eigenvalue weighted by Gasteiger charge is 2.05. The summed E-state index contributed by atoms with van der Waals surface area (Å²) in [5.74, 6) is -1.94. The van der Waals surface area contributed by atoms with Crippen LogP contribution in [0.15, 0.2) is 47.6 Å². The summed E-state index contributed by atoms with van der Waals surface area (Å²) < 4.78 is 31.5. The molecule has 22 heavy (non-hydrogen) atoms. The molecular formula is C16H14F2N2O2. The Labute approximate surface area is 126 Å². The maximum absolute atomic E-state index is 13.3. The first-order chi connectivity index (χ1) is 10.6. The van der Waals surface area contributed by atoms with E-state index in [1.54, 1.807) is 12.1 Å². The zero-order chi connectivity index (χ0) is 15.9. The summed E-state index contributed by atoms with van der Waals surface area (Å²) in [4.78, 5) is 11.5. The van der Waals surface area contributed by atoms with Crippen molar-refractivity contribution in [2.75, 3.05) is 6.61 Å². The summed E-state index contributed by atoms with van der Waals surface area (Å²) in [6, 6.07) is 10.9. The van der Waals surface area contributed by atoms with Crippen LogP contribution in [0.5, 0.6) is 5.75 Å². The minimum Gasteiger partial charge on any atom is -0.484 e. The van der Waals surface area contributed by atoms with Gasteiger partial charge in [-0.15, -0.1) is 0 Å². The third kappa shape index (κ3) is 4.37. The SMILES string of the molecule is Cc1ccc(OCC(=O)N/N=C/c2cccc(F)c2F)cc1. The number of aryl methyl sites for hydroxylation is 1. The van der Waals surface area contributed by atoms with Crippen molar-refractivity contribution in [3.63, 3.8) is 0 Å². The molecule has 0 spiro atoms. The van der Waals surface area contributed by atoms with Gasteiger partial charge in [0.15, 0.2) is 18.2 Å². The molecule has 0 saturated carbocycles. The Kier molecular flexibility index (Phi) is 5.19. The van der Waals surface area contributed by atoms with Crippen molar-refractivity contribution in [2.45, 2.75) is 6.92 Å². The normalized spacial score (nSPS) is 10.7. The molecule has 0 aromatic heterocycles. The Hall–Kier alpha value is -2.76. The summed E-state index contributed by atoms with van der Waals surface area (Å²) in [5, 5.41) is 3.56. The minimum atomic E-state index is -1.02. The van der Waals surface area contributed by atoms with Crippen molar-refractivity contribution < 1.29 is 18.3 Å². The van der Waals surface area contributed by atoms with Crippen LogP contribution in [-0.2, 0) is 4.79 Å². The lowest BCUT2D eigenvalue weighted by molar-refractivity contribution is -0.123. The maximum Gasteiger partial charge on any atom is 0.277 e. The van der Waals surface area contributed by atoms with E-state index >= 15 is 0 Å². The van der Waals surface area contributed by atoms with Gasteiger partial charge in [0.05, 0.1) is 6.21 Å². The standard InChI is InChI=1S/C16H14F2N2O2/c1-11-5-7-13(8-6-11)22-10-15(21)20-19-9-12-3-2-4-14(17)16(12)18/h2-9H,10H2,1H3,(H,20,21)/b19-9+. The molecule has 0 unspecified atom stereocenters. The van der Waals surface area contributed by atoms with Crippen molar-refractivity contribution in [1.29, 1.82) is 0 Å². The number of carbonyl (C=O) groups excluding carboxylic acids is 1. The van der Waals surface area contributed by atoms with Gasteiger partial charge >= 0.3 is 0 Å². The highest BCUT2D eigenvalue weighted by molar-refractivity contribution is 5.83. The molecule has 0 bridgehead atoms. The Balaban J connectivity index is 1.83. The average molecular weight is 304 g/mol. The fourth-order valence-corrected chi connectivity index (χ4v) is 1.61. The van der Waals surface area contributed by atoms with E-state index in [0.29, 0.717) is 5.75 Å². The largest absolute Gasteiger partial charge is 0.484 e. The predicted molar refractivity (Wildman–Crippen MR) is 78.8 cm³/mol. The number of hydrogen-bond acceptors (Lipinski definition) is 3. The maximum atomic E-state index is 13.3. The van der Waals surface area contributed by atoms with E-state index in [1.807, 2.05) is 19.1 Å². The first-order valence-corrected chi connectivity index (χ1v) is 6.51. The Bertz CT molecular complexity index is 685. The predicted octanol–water partition coefficient (Wildman–Crippen LogP) is 2.80. The van der Waals surface area contributed by atoms with Crippen molar-refractivity contribution in [3.8, 4) is 5.75 Å². The van der Waals surface area contributed by atoms with Crippen LogP contribution in [0.3, 0.4) is 0 Å². The molecule has 0 saturated heterocycles. The van der Waals surface area contributed by atoms with Gasteiger partial charge in [0.2, 0.25) is 0 Å². The van der Waals surface area contributed by atoms with E-state index in [4.69, 9.17) is 4.74 Å². The summed E-state index contributed by atoms with van der Waals surface area (Å²) in [6.07, 6.45) is 1.03. The molecule has 2 aromatic rings. The number of hydrazone groups is 1. The van der Waals surface area contributed by atoms with Crippen LogP contribution in [0.1, 0.15) is 11.1 Å². The molecule has 0 heterocycles. The number of carbonyl (C=O) groups is 1. The summed E-state index contributed by atoms with van der Waals surface area (Å²) >= 11 is 0. The number of rotatable bonds is 5. The fraction of sp³-hybridized carbons (Fsp3) is 0.125. The van der Waals surface area contributed by atoms with Crippen LogP contribution in [0.4, 0.5) is 8.78 Å². The summed E-state index contributed by atoms with van der Waals surface area (Å²) in [5.41, 5.74) is 3.20. The number of nitrogens with one attached hydrogen (secondary N) is 1. The molecule has 0 aliphatic rings. The van der Waals surface area contributed by atoms with Gasteiger partial charge in [-0.05, 0) is 25.1 Å². The number of hydrogen-bond donors (Lipinski definition) is 1. The summed E-state index contributed by atoms with van der Waals surface area (Å²) in [6.45, 7) is 1.71. The molecule has 114 valence electrons. The molecule has 2 rings (SSSR count). The Morgan fingerprint density at radius 1 is 1.23 bits per heavy atom. The Morgan fingerprint density at radius 3 is 2.68 bits per heavy atom. The lowest BCUT2D eigenvalue weighted by Gasteiger charge is -2.05. The van der Waals surface area contributed by atoms with Crippen molar-refractivity contribution in [1.82, 2.24) is 5.43 Å². The van der Waals surface area contributed by atoms with Crippen molar-refractivity contribution in [3.05, 3.63) is 65.2 Å². The highest BCUT2D eigenvalue weighted by Crippen LogP contribution is 2.11. The minimum absolute atomic E-state index is 0.0558. The topological polar surface area (TPSA) is 50.7 Å². The molecule has 4 nitrogen and oxygen atoms in total. The van der Waals surface area contributed by atoms with Gasteiger partial charge in [-0.3, -0.25) is 4.79 Å². The number of halogens is 2. The molecule has 1 N–H and O–H groups in total. The van der Waals surface area contributed by atoms with Crippen molar-refractivity contribution >= 4 is 12.1 Å². The second-order valence-corrected chi connectivity index (χ2v) is 4.54. The fourth-order valence-electron chi connectivity index (χ4n) is 1.61. The lowest BCUT2D eigenvalue weighted by atomic mass is 10.2. The quantitative estimate of drug-likeness (QED) is 0.682. The van der Waals surface area contributed by atoms with Crippen LogP contribution in [0, 0.1) is 18.6 Å². The Morgan fingerprint density at radius 2 is 1.95 bits per heavy atom. The molecule has 0 aliphatic carbocycles. The van der Waals surface area contributed by atoms with E-state index in [1.165, 1.54) is 12.1 Å². The molecular weight excluding hydrogens is 290 g/mol. The van der Waals surface area contributed by atoms with Gasteiger partial charge in [-0.25, -0.2) is 14.2 Å². The molecule has 2 aromatic carbocycles. The second kappa shape index (κ2) is 7.31. The van der Waals surface area contributed by atoms with Crippen molar-refractivity contribution in [2.24, 2.45) is 5.10 Å². The second-order valence-electron chi connectivity index (χ2n) is 4.54. The van der Waals surface area contributed by atoms with Gasteiger partial charge in [-0.2, -0.15) is 5.10 Å². The van der Waals surface area contributed by atoms with E-state index < -0.39 is 17.5 Å². The smallest absolute Gasteiger partial charge is 0.277 e. The van der Waals surface area contributed by atoms with E-state index in [2.05, 4.69) is 10.5 Å². The average Bonchev–Trinajstić information content (AvgIpc) is 2.51. The molecule has 6 heteroatoms. The highest BCUT2D eigenvalue weighted by atomic mass is 19.2. The number of amides is 1. The van der Waals surface area contributed by atoms with Crippen LogP contribution in [0.25, 0.3) is 0 Å². The van der Waals surface area contributed by atoms with Crippen LogP contribution >= 0.6 is 0 Å². The van der Waals surface area contributed by atoms with E-state index in [0.717, 1.165) is 17.8 Å². The van der Waals surface area contributed by atoms with Crippen LogP contribution < -0.4 is 10.2 Å². The zero-order valence-corrected chi connectivity index (χ0v) is 11.8. The lowest BCUT2D eigenvalue weighted by Crippen LogP contribution is -2.24. The zero-order valence-electron chi connectivity index (χ0n) is 11.8. The number of nitrogens with zero attached hydrogens (tertiary/aromatic N) is 1. The first kappa shape index (κ1) is 15.6. The number of benzene rings is 2. The molecule has 0 radical (unpaired) electrons. The van der Waals surface area contributed by atoms with Gasteiger partial charge in [0, 0.05) is 5.56 Å².